The van der Waals surface area contributed by atoms with Gasteiger partial charge in [-0.1, -0.05) is 6.58 Å². The summed E-state index contributed by atoms with van der Waals surface area (Å²) >= 11 is 3.06. The number of fused-ring (bicyclic) bond motifs is 1. The van der Waals surface area contributed by atoms with Crippen molar-refractivity contribution in [3.8, 4) is 5.75 Å². The van der Waals surface area contributed by atoms with Crippen LogP contribution in [0, 0.1) is 5.82 Å². The molecule has 0 aliphatic carbocycles. The van der Waals surface area contributed by atoms with Crippen LogP contribution in [0.15, 0.2) is 28.9 Å². The van der Waals surface area contributed by atoms with E-state index >= 15 is 0 Å². The van der Waals surface area contributed by atoms with Crippen LogP contribution in [0.3, 0.4) is 0 Å². The Bertz CT molecular complexity index is 533. The molecule has 2 rings (SSSR count). The molecule has 1 aromatic carbocycles. The zero-order chi connectivity index (χ0) is 14.0. The van der Waals surface area contributed by atoms with E-state index in [-0.39, 0.29) is 10.4 Å². The van der Waals surface area contributed by atoms with E-state index in [0.29, 0.717) is 30.0 Å². The molecule has 0 unspecified atom stereocenters. The van der Waals surface area contributed by atoms with E-state index in [1.807, 2.05) is 0 Å². The van der Waals surface area contributed by atoms with Crippen LogP contribution in [0.2, 0.25) is 0 Å². The van der Waals surface area contributed by atoms with Gasteiger partial charge in [-0.05, 0) is 22.0 Å². The maximum absolute atomic E-state index is 13.4. The second-order valence-electron chi connectivity index (χ2n) is 4.14. The molecule has 0 spiro atoms. The highest BCUT2D eigenvalue weighted by atomic mass is 79.9. The van der Waals surface area contributed by atoms with Gasteiger partial charge in [0, 0.05) is 18.9 Å². The van der Waals surface area contributed by atoms with Crippen molar-refractivity contribution in [2.75, 3.05) is 12.4 Å². The predicted octanol–water partition coefficient (Wildman–Crippen LogP) is 3.23. The Morgan fingerprint density at radius 3 is 3.05 bits per heavy atom. The Labute approximate surface area is 118 Å². The number of methoxy groups -OCH3 is 1. The molecule has 0 radical (unpaired) electrons. The fourth-order valence-electron chi connectivity index (χ4n) is 1.73. The average molecular weight is 330 g/mol. The zero-order valence-electron chi connectivity index (χ0n) is 10.3. The fraction of sp³-hybridized carbons (Fsp3) is 0.308. The minimum Gasteiger partial charge on any atom is -0.502 e. The van der Waals surface area contributed by atoms with Gasteiger partial charge in [-0.15, -0.1) is 0 Å². The molecular formula is C13H13BrFNO3. The Kier molecular flexibility index (Phi) is 4.09. The first-order valence-electron chi connectivity index (χ1n) is 5.69. The summed E-state index contributed by atoms with van der Waals surface area (Å²) in [5.74, 6) is 0.211. The van der Waals surface area contributed by atoms with E-state index in [9.17, 15) is 9.18 Å². The van der Waals surface area contributed by atoms with Crippen LogP contribution in [0.25, 0.3) is 0 Å². The molecule has 19 heavy (non-hydrogen) atoms. The Morgan fingerprint density at radius 2 is 2.37 bits per heavy atom. The van der Waals surface area contributed by atoms with Crippen LogP contribution in [-0.2, 0) is 9.53 Å². The van der Waals surface area contributed by atoms with Crippen molar-refractivity contribution < 1.29 is 18.7 Å². The summed E-state index contributed by atoms with van der Waals surface area (Å²) in [7, 11) is 1.52. The van der Waals surface area contributed by atoms with Crippen molar-refractivity contribution in [2.45, 2.75) is 18.9 Å². The van der Waals surface area contributed by atoms with Gasteiger partial charge in [-0.25, -0.2) is 4.39 Å². The van der Waals surface area contributed by atoms with Crippen LogP contribution in [0.4, 0.5) is 10.1 Å². The van der Waals surface area contributed by atoms with Gasteiger partial charge in [-0.3, -0.25) is 4.79 Å². The van der Waals surface area contributed by atoms with Crippen molar-refractivity contribution in [1.82, 2.24) is 0 Å². The first-order valence-corrected chi connectivity index (χ1v) is 6.49. The minimum absolute atomic E-state index is 0.255. The number of ether oxygens (including phenoxy) is 2. The number of allylic oxidation sites excluding steroid dienone is 1. The number of hydrogen-bond acceptors (Lipinski definition) is 3. The number of anilines is 1. The van der Waals surface area contributed by atoms with Gasteiger partial charge < -0.3 is 14.8 Å². The molecule has 1 heterocycles. The smallest absolute Gasteiger partial charge is 0.265 e. The molecule has 0 saturated heterocycles. The lowest BCUT2D eigenvalue weighted by atomic mass is 10.1. The molecule has 1 aliphatic rings. The molecule has 0 aromatic heterocycles. The van der Waals surface area contributed by atoms with Crippen molar-refractivity contribution in [2.24, 2.45) is 0 Å². The van der Waals surface area contributed by atoms with E-state index in [1.54, 1.807) is 0 Å². The van der Waals surface area contributed by atoms with Crippen LogP contribution >= 0.6 is 15.9 Å². The summed E-state index contributed by atoms with van der Waals surface area (Å²) in [5, 5.41) is 2.69. The van der Waals surface area contributed by atoms with Crippen molar-refractivity contribution in [1.29, 1.82) is 0 Å². The Balaban J connectivity index is 2.12. The molecule has 0 saturated carbocycles. The van der Waals surface area contributed by atoms with E-state index in [4.69, 9.17) is 9.47 Å². The van der Waals surface area contributed by atoms with Gasteiger partial charge in [0.1, 0.15) is 11.6 Å². The maximum Gasteiger partial charge on any atom is 0.265 e. The number of carbonyl (C=O) groups excluding carboxylic acids is 1. The highest BCUT2D eigenvalue weighted by Gasteiger charge is 2.28. The zero-order valence-corrected chi connectivity index (χ0v) is 11.9. The van der Waals surface area contributed by atoms with Gasteiger partial charge in [0.15, 0.2) is 6.10 Å². The number of benzene rings is 1. The van der Waals surface area contributed by atoms with Crippen LogP contribution in [0.5, 0.6) is 5.75 Å². The van der Waals surface area contributed by atoms with Crippen LogP contribution in [-0.4, -0.2) is 19.1 Å². The summed E-state index contributed by atoms with van der Waals surface area (Å²) in [5.41, 5.74) is 0.458. The number of amides is 1. The number of hydrogen-bond donors (Lipinski definition) is 1. The molecular weight excluding hydrogens is 317 g/mol. The molecule has 1 atom stereocenters. The van der Waals surface area contributed by atoms with Crippen LogP contribution < -0.4 is 10.1 Å². The Hall–Kier alpha value is -1.56. The summed E-state index contributed by atoms with van der Waals surface area (Å²) in [6, 6.07) is 2.73. The molecule has 0 bridgehead atoms. The number of halogens is 2. The number of carbonyl (C=O) groups is 1. The summed E-state index contributed by atoms with van der Waals surface area (Å²) < 4.78 is 24.1. The largest absolute Gasteiger partial charge is 0.502 e. The van der Waals surface area contributed by atoms with Gasteiger partial charge in [0.05, 0.1) is 23.0 Å². The van der Waals surface area contributed by atoms with Gasteiger partial charge >= 0.3 is 0 Å². The fourth-order valence-corrected chi connectivity index (χ4v) is 2.07. The number of nitrogens with one attached hydrogen (secondary N) is 1. The second-order valence-corrected chi connectivity index (χ2v) is 4.99. The molecule has 1 aliphatic heterocycles. The van der Waals surface area contributed by atoms with E-state index < -0.39 is 11.9 Å². The second kappa shape index (κ2) is 5.61. The monoisotopic (exact) mass is 329 g/mol. The third-order valence-electron chi connectivity index (χ3n) is 2.82. The van der Waals surface area contributed by atoms with Gasteiger partial charge in [-0.2, -0.15) is 0 Å². The molecule has 1 aromatic rings. The molecule has 6 heteroatoms. The lowest BCUT2D eigenvalue weighted by Crippen LogP contribution is -2.37. The molecule has 0 fully saturated rings. The molecule has 4 nitrogen and oxygen atoms in total. The van der Waals surface area contributed by atoms with Crippen molar-refractivity contribution in [3.63, 3.8) is 0 Å². The lowest BCUT2D eigenvalue weighted by molar-refractivity contribution is -0.123. The summed E-state index contributed by atoms with van der Waals surface area (Å²) in [6.45, 7) is 3.68. The van der Waals surface area contributed by atoms with E-state index in [1.165, 1.54) is 19.2 Å². The third kappa shape index (κ3) is 3.07. The van der Waals surface area contributed by atoms with Crippen LogP contribution in [0.1, 0.15) is 12.8 Å². The minimum atomic E-state index is -0.667. The van der Waals surface area contributed by atoms with E-state index in [2.05, 4.69) is 27.8 Å². The number of rotatable bonds is 4. The summed E-state index contributed by atoms with van der Waals surface area (Å²) in [6.07, 6.45) is 0.262. The van der Waals surface area contributed by atoms with E-state index in [0.717, 1.165) is 0 Å². The quantitative estimate of drug-likeness (QED) is 0.863. The SMILES string of the molecule is C=C(CC[C@@H]1Oc2cc(F)c(Br)cc2NC1=O)OC. The summed E-state index contributed by atoms with van der Waals surface area (Å²) in [4.78, 5) is 11.8. The molecule has 1 amide bonds. The van der Waals surface area contributed by atoms with Crippen molar-refractivity contribution in [3.05, 3.63) is 34.8 Å². The Morgan fingerprint density at radius 1 is 1.63 bits per heavy atom. The highest BCUT2D eigenvalue weighted by Crippen LogP contribution is 2.35. The lowest BCUT2D eigenvalue weighted by Gasteiger charge is -2.26. The topological polar surface area (TPSA) is 47.6 Å². The van der Waals surface area contributed by atoms with Gasteiger partial charge in [0.2, 0.25) is 0 Å². The normalized spacial score (nSPS) is 17.2. The maximum atomic E-state index is 13.4. The van der Waals surface area contributed by atoms with Gasteiger partial charge in [0.25, 0.3) is 5.91 Å². The molecule has 1 N–H and O–H groups in total. The third-order valence-corrected chi connectivity index (χ3v) is 3.42. The highest BCUT2D eigenvalue weighted by molar-refractivity contribution is 9.10. The predicted molar refractivity (Wildman–Crippen MR) is 72.5 cm³/mol. The first kappa shape index (κ1) is 13.9. The average Bonchev–Trinajstić information content (AvgIpc) is 2.38. The first-order chi connectivity index (χ1) is 9.01. The standard InChI is InChI=1S/C13H13BrFNO3/c1-7(18-2)3-4-11-13(17)16-10-5-8(14)9(15)6-12(10)19-11/h5-6,11H,1,3-4H2,2H3,(H,16,17)/t11-/m0/s1. The molecule has 102 valence electrons. The van der Waals surface area contributed by atoms with Crippen molar-refractivity contribution >= 4 is 27.5 Å².